The molecule has 1 aromatic carbocycles. The summed E-state index contributed by atoms with van der Waals surface area (Å²) in [5.74, 6) is 0.416. The Morgan fingerprint density at radius 3 is 2.59 bits per heavy atom. The van der Waals surface area contributed by atoms with Crippen LogP contribution in [-0.2, 0) is 7.05 Å². The maximum atomic E-state index is 5.98. The number of hydrogen-bond acceptors (Lipinski definition) is 3. The molecule has 2 rings (SSSR count). The van der Waals surface area contributed by atoms with Crippen LogP contribution in [0.25, 0.3) is 0 Å². The van der Waals surface area contributed by atoms with E-state index in [9.17, 15) is 0 Å². The summed E-state index contributed by atoms with van der Waals surface area (Å²) in [4.78, 5) is 6.56. The normalized spacial score (nSPS) is 13.4. The fourth-order valence-corrected chi connectivity index (χ4v) is 2.19. The molecule has 0 fully saturated rings. The second-order valence-electron chi connectivity index (χ2n) is 5.64. The van der Waals surface area contributed by atoms with Crippen molar-refractivity contribution in [3.05, 3.63) is 47.8 Å². The van der Waals surface area contributed by atoms with Gasteiger partial charge in [-0.3, -0.25) is 9.67 Å². The molecule has 2 aromatic rings. The summed E-state index contributed by atoms with van der Waals surface area (Å²) in [6.07, 6.45) is 3.87. The van der Waals surface area contributed by atoms with Gasteiger partial charge in [0.25, 0.3) is 0 Å². The number of anilines is 1. The lowest BCUT2D eigenvalue weighted by atomic mass is 10.1. The molecule has 118 valence electrons. The lowest BCUT2D eigenvalue weighted by Gasteiger charge is -2.21. The minimum absolute atomic E-state index is 0.145. The Morgan fingerprint density at radius 2 is 2.05 bits per heavy atom. The number of rotatable bonds is 5. The smallest absolute Gasteiger partial charge is 0.193 e. The maximum Gasteiger partial charge on any atom is 0.193 e. The van der Waals surface area contributed by atoms with Crippen LogP contribution >= 0.6 is 0 Å². The van der Waals surface area contributed by atoms with Crippen LogP contribution in [0.5, 0.6) is 0 Å². The number of aliphatic imine (C=N–C) groups is 1. The molecule has 6 nitrogen and oxygen atoms in total. The number of guanidine groups is 1. The average Bonchev–Trinajstić information content (AvgIpc) is 2.87. The minimum Gasteiger partial charge on any atom is -0.370 e. The Morgan fingerprint density at radius 1 is 1.36 bits per heavy atom. The molecule has 0 bridgehead atoms. The first-order valence-electron chi connectivity index (χ1n) is 7.24. The third kappa shape index (κ3) is 4.33. The zero-order chi connectivity index (χ0) is 16.1. The third-order valence-corrected chi connectivity index (χ3v) is 3.49. The average molecular weight is 300 g/mol. The molecule has 1 unspecified atom stereocenters. The van der Waals surface area contributed by atoms with E-state index in [-0.39, 0.29) is 6.04 Å². The number of likely N-dealkylation sites (N-methyl/N-ethyl adjacent to an activating group) is 1. The zero-order valence-electron chi connectivity index (χ0n) is 13.6. The second kappa shape index (κ2) is 7.09. The third-order valence-electron chi connectivity index (χ3n) is 3.49. The number of nitrogens with one attached hydrogen (secondary N) is 1. The fraction of sp³-hybridized carbons (Fsp3) is 0.375. The number of aryl methyl sites for hydroxylation is 2. The zero-order valence-corrected chi connectivity index (χ0v) is 13.6. The monoisotopic (exact) mass is 300 g/mol. The number of benzene rings is 1. The van der Waals surface area contributed by atoms with Gasteiger partial charge >= 0.3 is 0 Å². The highest BCUT2D eigenvalue weighted by molar-refractivity contribution is 5.92. The molecule has 6 heteroatoms. The fourth-order valence-electron chi connectivity index (χ4n) is 2.19. The van der Waals surface area contributed by atoms with Crippen LogP contribution in [0.2, 0.25) is 0 Å². The van der Waals surface area contributed by atoms with E-state index < -0.39 is 0 Å². The summed E-state index contributed by atoms with van der Waals surface area (Å²) >= 11 is 0. The largest absolute Gasteiger partial charge is 0.370 e. The number of aromatic nitrogens is 2. The van der Waals surface area contributed by atoms with Crippen molar-refractivity contribution >= 4 is 11.6 Å². The molecule has 0 aliphatic rings. The van der Waals surface area contributed by atoms with Crippen LogP contribution in [0.1, 0.15) is 17.2 Å². The number of nitrogens with zero attached hydrogens (tertiary/aromatic N) is 4. The van der Waals surface area contributed by atoms with Crippen molar-refractivity contribution in [3.63, 3.8) is 0 Å². The van der Waals surface area contributed by atoms with E-state index in [0.717, 1.165) is 11.3 Å². The maximum absolute atomic E-state index is 5.98. The molecule has 0 saturated carbocycles. The van der Waals surface area contributed by atoms with E-state index in [1.54, 1.807) is 4.68 Å². The molecule has 0 aliphatic heterocycles. The van der Waals surface area contributed by atoms with Crippen molar-refractivity contribution in [1.29, 1.82) is 0 Å². The first-order valence-corrected chi connectivity index (χ1v) is 7.24. The predicted molar refractivity (Wildman–Crippen MR) is 90.9 cm³/mol. The standard InChI is InChI=1S/C16H24N6/c1-12-5-7-14(8-6-12)20-16(17)18-10-15(21(2)3)13-9-19-22(4)11-13/h5-9,11,15H,10H2,1-4H3,(H3,17,18,20). The molecular weight excluding hydrogens is 276 g/mol. The van der Waals surface area contributed by atoms with E-state index in [1.165, 1.54) is 5.56 Å². The van der Waals surface area contributed by atoms with E-state index >= 15 is 0 Å². The molecule has 0 spiro atoms. The Hall–Kier alpha value is -2.34. The minimum atomic E-state index is 0.145. The van der Waals surface area contributed by atoms with Crippen LogP contribution in [-0.4, -0.2) is 41.3 Å². The van der Waals surface area contributed by atoms with Crippen LogP contribution in [0.15, 0.2) is 41.7 Å². The highest BCUT2D eigenvalue weighted by atomic mass is 15.2. The highest BCUT2D eigenvalue weighted by Gasteiger charge is 2.15. The molecule has 1 aromatic heterocycles. The topological polar surface area (TPSA) is 71.5 Å². The molecule has 1 atom stereocenters. The van der Waals surface area contributed by atoms with E-state index in [4.69, 9.17) is 5.73 Å². The lowest BCUT2D eigenvalue weighted by Crippen LogP contribution is -2.27. The van der Waals surface area contributed by atoms with E-state index in [2.05, 4.69) is 27.2 Å². The summed E-state index contributed by atoms with van der Waals surface area (Å²) in [6, 6.07) is 8.19. The lowest BCUT2D eigenvalue weighted by molar-refractivity contribution is 0.306. The first kappa shape index (κ1) is 16.0. The van der Waals surface area contributed by atoms with Crippen LogP contribution in [0.3, 0.4) is 0 Å². The first-order chi connectivity index (χ1) is 10.5. The summed E-state index contributed by atoms with van der Waals surface area (Å²) in [6.45, 7) is 2.63. The van der Waals surface area contributed by atoms with Crippen molar-refractivity contribution in [1.82, 2.24) is 14.7 Å². The molecule has 22 heavy (non-hydrogen) atoms. The van der Waals surface area contributed by atoms with Gasteiger partial charge in [-0.25, -0.2) is 0 Å². The van der Waals surface area contributed by atoms with Gasteiger partial charge in [0.1, 0.15) is 0 Å². The van der Waals surface area contributed by atoms with Gasteiger partial charge in [-0.1, -0.05) is 17.7 Å². The molecule has 0 amide bonds. The van der Waals surface area contributed by atoms with Crippen molar-refractivity contribution in [3.8, 4) is 0 Å². The molecule has 1 heterocycles. The molecule has 0 radical (unpaired) electrons. The van der Waals surface area contributed by atoms with Gasteiger partial charge in [0, 0.05) is 24.5 Å². The Bertz CT molecular complexity index is 626. The second-order valence-corrected chi connectivity index (χ2v) is 5.64. The SMILES string of the molecule is Cc1ccc(NC(N)=NCC(c2cnn(C)c2)N(C)C)cc1. The van der Waals surface area contributed by atoms with Gasteiger partial charge in [0.05, 0.1) is 18.8 Å². The van der Waals surface area contributed by atoms with Gasteiger partial charge in [-0.2, -0.15) is 5.10 Å². The molecule has 3 N–H and O–H groups in total. The highest BCUT2D eigenvalue weighted by Crippen LogP contribution is 2.17. The summed E-state index contributed by atoms with van der Waals surface area (Å²) < 4.78 is 1.80. The summed E-state index contributed by atoms with van der Waals surface area (Å²) in [7, 11) is 5.96. The van der Waals surface area contributed by atoms with E-state index in [1.807, 2.05) is 57.8 Å². The molecule has 0 aliphatic carbocycles. The summed E-state index contributed by atoms with van der Waals surface area (Å²) in [5.41, 5.74) is 9.25. The predicted octanol–water partition coefficient (Wildman–Crippen LogP) is 1.76. The Labute approximate surface area is 131 Å². The number of hydrogen-bond donors (Lipinski definition) is 2. The molecular formula is C16H24N6. The van der Waals surface area contributed by atoms with Gasteiger partial charge in [-0.15, -0.1) is 0 Å². The Kier molecular flexibility index (Phi) is 5.16. The van der Waals surface area contributed by atoms with Gasteiger partial charge in [0.15, 0.2) is 5.96 Å². The van der Waals surface area contributed by atoms with Crippen LogP contribution < -0.4 is 11.1 Å². The van der Waals surface area contributed by atoms with Gasteiger partial charge < -0.3 is 16.0 Å². The summed E-state index contributed by atoms with van der Waals surface area (Å²) in [5, 5.41) is 7.33. The Balaban J connectivity index is 2.02. The van der Waals surface area contributed by atoms with Gasteiger partial charge in [0.2, 0.25) is 0 Å². The number of nitrogens with two attached hydrogens (primary N) is 1. The van der Waals surface area contributed by atoms with Gasteiger partial charge in [-0.05, 0) is 33.2 Å². The van der Waals surface area contributed by atoms with Crippen molar-refractivity contribution in [2.45, 2.75) is 13.0 Å². The van der Waals surface area contributed by atoms with Crippen molar-refractivity contribution < 1.29 is 0 Å². The quantitative estimate of drug-likeness (QED) is 0.652. The van der Waals surface area contributed by atoms with Crippen molar-refractivity contribution in [2.75, 3.05) is 26.0 Å². The van der Waals surface area contributed by atoms with E-state index in [0.29, 0.717) is 12.5 Å². The molecule has 0 saturated heterocycles. The van der Waals surface area contributed by atoms with Crippen LogP contribution in [0.4, 0.5) is 5.69 Å². The van der Waals surface area contributed by atoms with Crippen LogP contribution in [0, 0.1) is 6.92 Å². The van der Waals surface area contributed by atoms with Crippen molar-refractivity contribution in [2.24, 2.45) is 17.8 Å².